The first kappa shape index (κ1) is 17.8. The number of nitrogens with one attached hydrogen (secondary N) is 1. The lowest BCUT2D eigenvalue weighted by molar-refractivity contribution is 0.0524. The van der Waals surface area contributed by atoms with Crippen LogP contribution in [0.4, 0.5) is 0 Å². The Morgan fingerprint density at radius 1 is 1.21 bits per heavy atom. The number of aromatic amines is 1. The average Bonchev–Trinajstić information content (AvgIpc) is 2.58. The lowest BCUT2D eigenvalue weighted by Gasteiger charge is -2.13. The number of rotatable bonds is 8. The zero-order chi connectivity index (χ0) is 17.5. The predicted octanol–water partition coefficient (Wildman–Crippen LogP) is 3.28. The minimum atomic E-state index is -0.637. The van der Waals surface area contributed by atoms with Gasteiger partial charge in [0, 0.05) is 5.39 Å². The number of hydrogen-bond acceptors (Lipinski definition) is 5. The van der Waals surface area contributed by atoms with Gasteiger partial charge < -0.3 is 19.2 Å². The highest BCUT2D eigenvalue weighted by Crippen LogP contribution is 2.34. The Labute approximate surface area is 140 Å². The standard InChI is InChI=1S/C18H23NO5/c1-4-6-7-10-24-16-14(22-3)9-8-12-11-13(18(21)23-5-2)17(20)19-15(12)16/h8-9,11H,4-7,10H2,1-3H3,(H,19,20). The van der Waals surface area contributed by atoms with Crippen LogP contribution < -0.4 is 15.0 Å². The molecule has 0 amide bonds. The zero-order valence-corrected chi connectivity index (χ0v) is 14.3. The van der Waals surface area contributed by atoms with Gasteiger partial charge in [-0.05, 0) is 31.5 Å². The number of benzene rings is 1. The summed E-state index contributed by atoms with van der Waals surface area (Å²) in [7, 11) is 1.55. The van der Waals surface area contributed by atoms with Gasteiger partial charge in [-0.3, -0.25) is 4.79 Å². The predicted molar refractivity (Wildman–Crippen MR) is 92.1 cm³/mol. The van der Waals surface area contributed by atoms with E-state index in [1.807, 2.05) is 0 Å². The maximum atomic E-state index is 12.2. The second-order valence-corrected chi connectivity index (χ2v) is 5.35. The Morgan fingerprint density at radius 2 is 2.00 bits per heavy atom. The fourth-order valence-corrected chi connectivity index (χ4v) is 2.42. The van der Waals surface area contributed by atoms with Crippen molar-refractivity contribution < 1.29 is 19.0 Å². The highest BCUT2D eigenvalue weighted by molar-refractivity contribution is 5.95. The monoisotopic (exact) mass is 333 g/mol. The van der Waals surface area contributed by atoms with Crippen LogP contribution in [0.5, 0.6) is 11.5 Å². The zero-order valence-electron chi connectivity index (χ0n) is 14.3. The van der Waals surface area contributed by atoms with Crippen molar-refractivity contribution in [2.24, 2.45) is 0 Å². The smallest absolute Gasteiger partial charge is 0.343 e. The van der Waals surface area contributed by atoms with E-state index in [1.165, 1.54) is 6.07 Å². The van der Waals surface area contributed by atoms with Gasteiger partial charge in [0.1, 0.15) is 5.56 Å². The number of H-pyrrole nitrogens is 1. The van der Waals surface area contributed by atoms with Crippen molar-refractivity contribution >= 4 is 16.9 Å². The molecule has 130 valence electrons. The van der Waals surface area contributed by atoms with Gasteiger partial charge in [-0.15, -0.1) is 0 Å². The molecule has 0 spiro atoms. The SMILES string of the molecule is CCCCCOc1c(OC)ccc2cc(C(=O)OCC)c(=O)[nH]c12. The molecule has 2 rings (SSSR count). The number of esters is 1. The summed E-state index contributed by atoms with van der Waals surface area (Å²) in [6.45, 7) is 4.56. The summed E-state index contributed by atoms with van der Waals surface area (Å²) in [6.07, 6.45) is 3.08. The first-order valence-corrected chi connectivity index (χ1v) is 8.16. The third kappa shape index (κ3) is 3.88. The molecule has 0 aliphatic heterocycles. The summed E-state index contributed by atoms with van der Waals surface area (Å²) in [6, 6.07) is 5.04. The number of ether oxygens (including phenoxy) is 3. The van der Waals surface area contributed by atoms with Gasteiger partial charge in [0.15, 0.2) is 11.5 Å². The normalized spacial score (nSPS) is 10.6. The van der Waals surface area contributed by atoms with Gasteiger partial charge in [0.05, 0.1) is 25.8 Å². The quantitative estimate of drug-likeness (QED) is 0.592. The first-order valence-electron chi connectivity index (χ1n) is 8.16. The van der Waals surface area contributed by atoms with Crippen molar-refractivity contribution in [2.75, 3.05) is 20.3 Å². The lowest BCUT2D eigenvalue weighted by Crippen LogP contribution is -2.19. The summed E-state index contributed by atoms with van der Waals surface area (Å²) in [5, 5.41) is 0.684. The van der Waals surface area contributed by atoms with E-state index in [9.17, 15) is 9.59 Å². The number of carbonyl (C=O) groups excluding carboxylic acids is 1. The molecule has 1 N–H and O–H groups in total. The number of methoxy groups -OCH3 is 1. The number of hydrogen-bond donors (Lipinski definition) is 1. The third-order valence-corrected chi connectivity index (χ3v) is 3.65. The minimum Gasteiger partial charge on any atom is -0.493 e. The molecule has 1 aromatic heterocycles. The Morgan fingerprint density at radius 3 is 2.67 bits per heavy atom. The molecule has 24 heavy (non-hydrogen) atoms. The van der Waals surface area contributed by atoms with E-state index in [0.717, 1.165) is 19.3 Å². The maximum Gasteiger partial charge on any atom is 0.343 e. The van der Waals surface area contributed by atoms with Crippen LogP contribution in [0, 0.1) is 0 Å². The Hall–Kier alpha value is -2.50. The van der Waals surface area contributed by atoms with Gasteiger partial charge in [0.2, 0.25) is 0 Å². The molecule has 0 saturated heterocycles. The number of aromatic nitrogens is 1. The number of fused-ring (bicyclic) bond motifs is 1. The molecule has 0 fully saturated rings. The van der Waals surface area contributed by atoms with Crippen LogP contribution in [-0.4, -0.2) is 31.3 Å². The summed E-state index contributed by atoms with van der Waals surface area (Å²) in [5.41, 5.74) is -0.0111. The molecule has 0 atom stereocenters. The van der Waals surface area contributed by atoms with Crippen LogP contribution >= 0.6 is 0 Å². The van der Waals surface area contributed by atoms with Crippen molar-refractivity contribution in [1.29, 1.82) is 0 Å². The minimum absolute atomic E-state index is 0.0218. The molecule has 1 heterocycles. The average molecular weight is 333 g/mol. The molecule has 2 aromatic rings. The number of carbonyl (C=O) groups is 1. The van der Waals surface area contributed by atoms with E-state index < -0.39 is 11.5 Å². The topological polar surface area (TPSA) is 77.6 Å². The summed E-state index contributed by atoms with van der Waals surface area (Å²) >= 11 is 0. The van der Waals surface area contributed by atoms with Crippen LogP contribution in [0.2, 0.25) is 0 Å². The van der Waals surface area contributed by atoms with E-state index >= 15 is 0 Å². The molecule has 0 unspecified atom stereocenters. The molecule has 0 aliphatic carbocycles. The van der Waals surface area contributed by atoms with Gasteiger partial charge in [0.25, 0.3) is 5.56 Å². The Kier molecular flexibility index (Phi) is 6.23. The van der Waals surface area contributed by atoms with E-state index in [-0.39, 0.29) is 12.2 Å². The van der Waals surface area contributed by atoms with Crippen LogP contribution in [0.3, 0.4) is 0 Å². The molecule has 6 nitrogen and oxygen atoms in total. The second-order valence-electron chi connectivity index (χ2n) is 5.35. The van der Waals surface area contributed by atoms with E-state index in [1.54, 1.807) is 26.2 Å². The van der Waals surface area contributed by atoms with Crippen molar-refractivity contribution in [1.82, 2.24) is 4.98 Å². The van der Waals surface area contributed by atoms with Crippen LogP contribution in [-0.2, 0) is 4.74 Å². The van der Waals surface area contributed by atoms with Crippen LogP contribution in [0.25, 0.3) is 10.9 Å². The number of pyridine rings is 1. The van der Waals surface area contributed by atoms with Crippen molar-refractivity contribution in [2.45, 2.75) is 33.1 Å². The second kappa shape index (κ2) is 8.38. The molecule has 0 saturated carbocycles. The van der Waals surface area contributed by atoms with Crippen molar-refractivity contribution in [3.8, 4) is 11.5 Å². The lowest BCUT2D eigenvalue weighted by atomic mass is 10.1. The molecular formula is C18H23NO5. The Balaban J connectivity index is 2.45. The fourth-order valence-electron chi connectivity index (χ4n) is 2.42. The summed E-state index contributed by atoms with van der Waals surface area (Å²) in [5.74, 6) is 0.388. The van der Waals surface area contributed by atoms with Crippen LogP contribution in [0.1, 0.15) is 43.5 Å². The molecule has 6 heteroatoms. The molecular weight excluding hydrogens is 310 g/mol. The highest BCUT2D eigenvalue weighted by Gasteiger charge is 2.17. The largest absolute Gasteiger partial charge is 0.493 e. The van der Waals surface area contributed by atoms with E-state index in [4.69, 9.17) is 14.2 Å². The Bertz CT molecular complexity index is 766. The van der Waals surface area contributed by atoms with Gasteiger partial charge in [-0.25, -0.2) is 4.79 Å². The molecule has 0 bridgehead atoms. The van der Waals surface area contributed by atoms with Gasteiger partial charge in [-0.2, -0.15) is 0 Å². The summed E-state index contributed by atoms with van der Waals surface area (Å²) in [4.78, 5) is 26.8. The summed E-state index contributed by atoms with van der Waals surface area (Å²) < 4.78 is 16.1. The molecule has 1 aromatic carbocycles. The van der Waals surface area contributed by atoms with Crippen LogP contribution in [0.15, 0.2) is 23.0 Å². The highest BCUT2D eigenvalue weighted by atomic mass is 16.5. The van der Waals surface area contributed by atoms with E-state index in [0.29, 0.717) is 29.0 Å². The number of unbranched alkanes of at least 4 members (excludes halogenated alkanes) is 2. The first-order chi connectivity index (χ1) is 11.6. The maximum absolute atomic E-state index is 12.2. The van der Waals surface area contributed by atoms with Crippen molar-refractivity contribution in [3.63, 3.8) is 0 Å². The van der Waals surface area contributed by atoms with E-state index in [2.05, 4.69) is 11.9 Å². The van der Waals surface area contributed by atoms with Gasteiger partial charge in [-0.1, -0.05) is 19.8 Å². The third-order valence-electron chi connectivity index (χ3n) is 3.65. The molecule has 0 radical (unpaired) electrons. The fraction of sp³-hybridized carbons (Fsp3) is 0.444. The molecule has 0 aliphatic rings. The van der Waals surface area contributed by atoms with Gasteiger partial charge >= 0.3 is 5.97 Å². The van der Waals surface area contributed by atoms with Crippen molar-refractivity contribution in [3.05, 3.63) is 34.1 Å².